The van der Waals surface area contributed by atoms with Gasteiger partial charge < -0.3 is 10.6 Å². The molecular weight excluding hydrogens is 368 g/mol. The largest absolute Gasteiger partial charge is 0.418 e. The van der Waals surface area contributed by atoms with Crippen LogP contribution in [0.5, 0.6) is 0 Å². The predicted molar refractivity (Wildman–Crippen MR) is 91.0 cm³/mol. The van der Waals surface area contributed by atoms with Gasteiger partial charge in [-0.15, -0.1) is 0 Å². The maximum atomic E-state index is 12.9. The first-order valence-electron chi connectivity index (χ1n) is 6.42. The summed E-state index contributed by atoms with van der Waals surface area (Å²) in [6.07, 6.45) is -4.46. The molecule has 23 heavy (non-hydrogen) atoms. The Morgan fingerprint density at radius 1 is 1.04 bits per heavy atom. The van der Waals surface area contributed by atoms with Crippen LogP contribution in [0.1, 0.15) is 11.1 Å². The zero-order chi connectivity index (χ0) is 17.0. The average Bonchev–Trinajstić information content (AvgIpc) is 2.48. The molecule has 0 spiro atoms. The van der Waals surface area contributed by atoms with Crippen LogP contribution in [0.3, 0.4) is 0 Å². The molecule has 2 rings (SSSR count). The molecule has 0 aliphatic heterocycles. The fourth-order valence-corrected chi connectivity index (χ4v) is 2.34. The molecule has 0 saturated heterocycles. The van der Waals surface area contributed by atoms with Gasteiger partial charge in [-0.1, -0.05) is 41.4 Å². The number of thiocarbonyl (C=S) groups is 1. The van der Waals surface area contributed by atoms with E-state index in [2.05, 4.69) is 10.6 Å². The van der Waals surface area contributed by atoms with Crippen LogP contribution in [0.15, 0.2) is 42.5 Å². The molecule has 0 fully saturated rings. The third-order valence-corrected chi connectivity index (χ3v) is 3.90. The smallest absolute Gasteiger partial charge is 0.358 e. The first-order chi connectivity index (χ1) is 10.8. The second-order valence-corrected chi connectivity index (χ2v) is 5.82. The number of benzene rings is 2. The van der Waals surface area contributed by atoms with Gasteiger partial charge in [0.2, 0.25) is 0 Å². The van der Waals surface area contributed by atoms with E-state index in [0.29, 0.717) is 16.6 Å². The minimum atomic E-state index is -4.46. The van der Waals surface area contributed by atoms with Crippen LogP contribution >= 0.6 is 35.4 Å². The maximum Gasteiger partial charge on any atom is 0.418 e. The van der Waals surface area contributed by atoms with Crippen molar-refractivity contribution in [1.29, 1.82) is 0 Å². The van der Waals surface area contributed by atoms with E-state index in [0.717, 1.165) is 11.6 Å². The van der Waals surface area contributed by atoms with Crippen molar-refractivity contribution in [1.82, 2.24) is 5.32 Å². The van der Waals surface area contributed by atoms with Gasteiger partial charge in [-0.05, 0) is 42.0 Å². The van der Waals surface area contributed by atoms with E-state index in [1.165, 1.54) is 18.2 Å². The molecule has 0 aliphatic carbocycles. The predicted octanol–water partition coefficient (Wildman–Crippen LogP) is 5.50. The molecule has 8 heteroatoms. The Morgan fingerprint density at radius 2 is 1.74 bits per heavy atom. The average molecular weight is 379 g/mol. The van der Waals surface area contributed by atoms with Gasteiger partial charge in [0.15, 0.2) is 5.11 Å². The minimum absolute atomic E-state index is 0.0766. The minimum Gasteiger partial charge on any atom is -0.358 e. The number of hydrogen-bond acceptors (Lipinski definition) is 1. The highest BCUT2D eigenvalue weighted by Crippen LogP contribution is 2.34. The summed E-state index contributed by atoms with van der Waals surface area (Å²) in [4.78, 5) is 0. The van der Waals surface area contributed by atoms with E-state index in [-0.39, 0.29) is 10.8 Å². The van der Waals surface area contributed by atoms with Crippen LogP contribution in [-0.4, -0.2) is 5.11 Å². The van der Waals surface area contributed by atoms with Crippen molar-refractivity contribution in [2.45, 2.75) is 12.7 Å². The van der Waals surface area contributed by atoms with Crippen molar-refractivity contribution >= 4 is 46.2 Å². The van der Waals surface area contributed by atoms with E-state index in [1.54, 1.807) is 18.2 Å². The molecule has 2 N–H and O–H groups in total. The molecule has 0 unspecified atom stereocenters. The summed E-state index contributed by atoms with van der Waals surface area (Å²) in [5, 5.41) is 6.28. The van der Waals surface area contributed by atoms with Gasteiger partial charge >= 0.3 is 6.18 Å². The molecule has 0 radical (unpaired) electrons. The lowest BCUT2D eigenvalue weighted by Gasteiger charge is -2.15. The molecule has 122 valence electrons. The summed E-state index contributed by atoms with van der Waals surface area (Å²) in [6, 6.07) is 10.2. The zero-order valence-corrected chi connectivity index (χ0v) is 13.9. The third kappa shape index (κ3) is 4.99. The topological polar surface area (TPSA) is 24.1 Å². The molecule has 0 bridgehead atoms. The van der Waals surface area contributed by atoms with Crippen molar-refractivity contribution < 1.29 is 13.2 Å². The summed E-state index contributed by atoms with van der Waals surface area (Å²) in [7, 11) is 0. The monoisotopic (exact) mass is 378 g/mol. The van der Waals surface area contributed by atoms with E-state index < -0.39 is 11.7 Å². The van der Waals surface area contributed by atoms with Crippen LogP contribution < -0.4 is 10.6 Å². The quantitative estimate of drug-likeness (QED) is 0.689. The normalized spacial score (nSPS) is 11.2. The van der Waals surface area contributed by atoms with Crippen LogP contribution in [0.25, 0.3) is 0 Å². The van der Waals surface area contributed by atoms with E-state index in [4.69, 9.17) is 35.4 Å². The number of hydrogen-bond donors (Lipinski definition) is 2. The maximum absolute atomic E-state index is 12.9. The van der Waals surface area contributed by atoms with Crippen molar-refractivity contribution in [2.75, 3.05) is 5.32 Å². The summed E-state index contributed by atoms with van der Waals surface area (Å²) in [5.74, 6) is 0. The molecule has 0 aromatic heterocycles. The Labute approximate surface area is 146 Å². The molecule has 0 amide bonds. The number of halogens is 5. The van der Waals surface area contributed by atoms with Gasteiger partial charge in [0.1, 0.15) is 0 Å². The highest BCUT2D eigenvalue weighted by Gasteiger charge is 2.33. The first kappa shape index (κ1) is 17.8. The lowest BCUT2D eigenvalue weighted by Crippen LogP contribution is -2.29. The molecule has 0 saturated carbocycles. The number of alkyl halides is 3. The van der Waals surface area contributed by atoms with Gasteiger partial charge in [0, 0.05) is 6.54 Å². The van der Waals surface area contributed by atoms with Crippen molar-refractivity contribution in [2.24, 2.45) is 0 Å². The lowest BCUT2D eigenvalue weighted by molar-refractivity contribution is -0.136. The Bertz CT molecular complexity index is 720. The van der Waals surface area contributed by atoms with Crippen molar-refractivity contribution in [3.63, 3.8) is 0 Å². The summed E-state index contributed by atoms with van der Waals surface area (Å²) < 4.78 is 38.7. The highest BCUT2D eigenvalue weighted by atomic mass is 35.5. The van der Waals surface area contributed by atoms with Crippen LogP contribution in [0.2, 0.25) is 10.0 Å². The van der Waals surface area contributed by atoms with E-state index >= 15 is 0 Å². The highest BCUT2D eigenvalue weighted by molar-refractivity contribution is 7.80. The molecule has 0 aliphatic rings. The fourth-order valence-electron chi connectivity index (χ4n) is 1.84. The van der Waals surface area contributed by atoms with Gasteiger partial charge in [0.05, 0.1) is 21.3 Å². The third-order valence-electron chi connectivity index (χ3n) is 2.92. The number of rotatable bonds is 3. The lowest BCUT2D eigenvalue weighted by atomic mass is 10.1. The summed E-state index contributed by atoms with van der Waals surface area (Å²) >= 11 is 16.7. The summed E-state index contributed by atoms with van der Waals surface area (Å²) in [6.45, 7) is 0.302. The van der Waals surface area contributed by atoms with E-state index in [9.17, 15) is 13.2 Å². The van der Waals surface area contributed by atoms with Crippen LogP contribution in [0.4, 0.5) is 18.9 Å². The molecule has 2 aromatic rings. The van der Waals surface area contributed by atoms with Crippen molar-refractivity contribution in [3.05, 3.63) is 63.6 Å². The first-order valence-corrected chi connectivity index (χ1v) is 7.59. The van der Waals surface area contributed by atoms with Crippen LogP contribution in [0, 0.1) is 0 Å². The second kappa shape index (κ2) is 7.38. The number of para-hydroxylation sites is 1. The molecule has 2 aromatic carbocycles. The van der Waals surface area contributed by atoms with Gasteiger partial charge in [-0.25, -0.2) is 0 Å². The molecule has 0 heterocycles. The Hall–Kier alpha value is -1.50. The molecule has 2 nitrogen and oxygen atoms in total. The Kier molecular flexibility index (Phi) is 5.73. The number of anilines is 1. The Morgan fingerprint density at radius 3 is 2.39 bits per heavy atom. The zero-order valence-electron chi connectivity index (χ0n) is 11.5. The second-order valence-electron chi connectivity index (χ2n) is 4.60. The van der Waals surface area contributed by atoms with Gasteiger partial charge in [-0.3, -0.25) is 0 Å². The van der Waals surface area contributed by atoms with Gasteiger partial charge in [-0.2, -0.15) is 13.2 Å². The number of nitrogens with one attached hydrogen (secondary N) is 2. The van der Waals surface area contributed by atoms with Gasteiger partial charge in [0.25, 0.3) is 0 Å². The fraction of sp³-hybridized carbons (Fsp3) is 0.133. The molecule has 0 atom stereocenters. The van der Waals surface area contributed by atoms with Crippen LogP contribution in [-0.2, 0) is 12.7 Å². The Balaban J connectivity index is 2.02. The summed E-state index contributed by atoms with van der Waals surface area (Å²) in [5.41, 5.74) is -0.0852. The van der Waals surface area contributed by atoms with E-state index in [1.807, 2.05) is 0 Å². The van der Waals surface area contributed by atoms with Crippen molar-refractivity contribution in [3.8, 4) is 0 Å². The standard InChI is InChI=1S/C15H11Cl2F3N2S/c16-11-6-5-9(7-12(11)17)8-21-14(23)22-13-4-2-1-3-10(13)15(18,19)20/h1-7H,8H2,(H2,21,22,23). The molecular formula is C15H11Cl2F3N2S. The SMILES string of the molecule is FC(F)(F)c1ccccc1NC(=S)NCc1ccc(Cl)c(Cl)c1.